The highest BCUT2D eigenvalue weighted by Gasteiger charge is 2.26. The first-order valence-electron chi connectivity index (χ1n) is 4.97. The smallest absolute Gasteiger partial charge is 0.122 e. The zero-order chi connectivity index (χ0) is 9.97. The lowest BCUT2D eigenvalue weighted by Crippen LogP contribution is -2.37. The molecular formula is C11H16N2O. The van der Waals surface area contributed by atoms with Crippen LogP contribution in [-0.4, -0.2) is 24.0 Å². The van der Waals surface area contributed by atoms with E-state index in [-0.39, 0.29) is 12.1 Å². The van der Waals surface area contributed by atoms with Gasteiger partial charge in [-0.3, -0.25) is 4.90 Å². The summed E-state index contributed by atoms with van der Waals surface area (Å²) in [5.74, 6) is 0.962. The average molecular weight is 192 g/mol. The maximum atomic E-state index is 5.98. The number of hydrogen-bond donors (Lipinski definition) is 1. The van der Waals surface area contributed by atoms with Gasteiger partial charge in [0.1, 0.15) is 5.76 Å². The normalized spacial score (nSPS) is 21.3. The minimum Gasteiger partial charge on any atom is -0.468 e. The van der Waals surface area contributed by atoms with Gasteiger partial charge in [0, 0.05) is 19.1 Å². The number of rotatable bonds is 3. The van der Waals surface area contributed by atoms with Crippen LogP contribution in [0, 0.1) is 0 Å². The van der Waals surface area contributed by atoms with E-state index in [4.69, 9.17) is 10.2 Å². The topological polar surface area (TPSA) is 42.4 Å². The van der Waals surface area contributed by atoms with Crippen LogP contribution in [0.3, 0.4) is 0 Å². The van der Waals surface area contributed by atoms with Crippen molar-refractivity contribution in [1.29, 1.82) is 0 Å². The molecule has 1 aromatic rings. The molecule has 0 saturated carbocycles. The van der Waals surface area contributed by atoms with E-state index in [1.165, 1.54) is 0 Å². The molecule has 0 spiro atoms. The SMILES string of the molecule is CC(N)C(c1ccco1)N1CC=CC1. The van der Waals surface area contributed by atoms with Crippen LogP contribution in [0.4, 0.5) is 0 Å². The van der Waals surface area contributed by atoms with Crippen LogP contribution in [-0.2, 0) is 0 Å². The summed E-state index contributed by atoms with van der Waals surface area (Å²) >= 11 is 0. The van der Waals surface area contributed by atoms with Crippen molar-refractivity contribution < 1.29 is 4.42 Å². The molecule has 3 nitrogen and oxygen atoms in total. The molecule has 1 aromatic heterocycles. The Morgan fingerprint density at radius 3 is 2.64 bits per heavy atom. The summed E-state index contributed by atoms with van der Waals surface area (Å²) in [4.78, 5) is 2.31. The molecule has 2 rings (SSSR count). The number of nitrogens with two attached hydrogens (primary N) is 1. The molecule has 0 saturated heterocycles. The molecule has 76 valence electrons. The summed E-state index contributed by atoms with van der Waals surface area (Å²) in [6.45, 7) is 3.95. The number of furan rings is 1. The lowest BCUT2D eigenvalue weighted by molar-refractivity contribution is 0.199. The van der Waals surface area contributed by atoms with Gasteiger partial charge >= 0.3 is 0 Å². The summed E-state index contributed by atoms with van der Waals surface area (Å²) in [7, 11) is 0. The van der Waals surface area contributed by atoms with E-state index in [1.54, 1.807) is 6.26 Å². The lowest BCUT2D eigenvalue weighted by Gasteiger charge is -2.28. The van der Waals surface area contributed by atoms with Gasteiger partial charge < -0.3 is 10.2 Å². The molecule has 0 aromatic carbocycles. The summed E-state index contributed by atoms with van der Waals surface area (Å²) in [5.41, 5.74) is 5.98. The third-order valence-electron chi connectivity index (χ3n) is 2.57. The third-order valence-corrected chi connectivity index (χ3v) is 2.57. The Labute approximate surface area is 84.2 Å². The molecule has 2 unspecified atom stereocenters. The van der Waals surface area contributed by atoms with Crippen molar-refractivity contribution in [3.8, 4) is 0 Å². The van der Waals surface area contributed by atoms with Crippen LogP contribution in [0.2, 0.25) is 0 Å². The highest BCUT2D eigenvalue weighted by atomic mass is 16.3. The summed E-state index contributed by atoms with van der Waals surface area (Å²) in [6.07, 6.45) is 6.03. The lowest BCUT2D eigenvalue weighted by atomic mass is 10.1. The Hall–Kier alpha value is -1.06. The summed E-state index contributed by atoms with van der Waals surface area (Å²) in [5, 5.41) is 0. The van der Waals surface area contributed by atoms with E-state index in [1.807, 2.05) is 19.1 Å². The molecule has 0 bridgehead atoms. The first-order chi connectivity index (χ1) is 6.79. The molecule has 2 heterocycles. The van der Waals surface area contributed by atoms with Gasteiger partial charge in [0.05, 0.1) is 12.3 Å². The monoisotopic (exact) mass is 192 g/mol. The van der Waals surface area contributed by atoms with Crippen LogP contribution < -0.4 is 5.73 Å². The van der Waals surface area contributed by atoms with Crippen molar-refractivity contribution in [2.24, 2.45) is 5.73 Å². The predicted molar refractivity (Wildman–Crippen MR) is 55.8 cm³/mol. The second-order valence-corrected chi connectivity index (χ2v) is 3.74. The molecule has 0 fully saturated rings. The van der Waals surface area contributed by atoms with Gasteiger partial charge in [0.25, 0.3) is 0 Å². The Morgan fingerprint density at radius 2 is 2.14 bits per heavy atom. The van der Waals surface area contributed by atoms with Crippen LogP contribution in [0.1, 0.15) is 18.7 Å². The maximum absolute atomic E-state index is 5.98. The van der Waals surface area contributed by atoms with Gasteiger partial charge in [-0.1, -0.05) is 12.2 Å². The molecule has 0 aliphatic carbocycles. The van der Waals surface area contributed by atoms with E-state index in [0.29, 0.717) is 0 Å². The van der Waals surface area contributed by atoms with Crippen LogP contribution in [0.25, 0.3) is 0 Å². The van der Waals surface area contributed by atoms with E-state index in [9.17, 15) is 0 Å². The second kappa shape index (κ2) is 3.98. The fourth-order valence-electron chi connectivity index (χ4n) is 1.95. The molecule has 1 aliphatic heterocycles. The van der Waals surface area contributed by atoms with E-state index in [2.05, 4.69) is 17.1 Å². The molecule has 1 aliphatic rings. The Balaban J connectivity index is 2.16. The maximum Gasteiger partial charge on any atom is 0.122 e. The zero-order valence-electron chi connectivity index (χ0n) is 8.39. The van der Waals surface area contributed by atoms with Gasteiger partial charge in [0.2, 0.25) is 0 Å². The van der Waals surface area contributed by atoms with Crippen molar-refractivity contribution in [2.45, 2.75) is 19.0 Å². The quantitative estimate of drug-likeness (QED) is 0.739. The molecule has 2 atom stereocenters. The molecular weight excluding hydrogens is 176 g/mol. The highest BCUT2D eigenvalue weighted by molar-refractivity contribution is 5.10. The van der Waals surface area contributed by atoms with Crippen LogP contribution in [0.5, 0.6) is 0 Å². The third kappa shape index (κ3) is 1.74. The predicted octanol–water partition coefficient (Wildman–Crippen LogP) is 1.54. The minimum absolute atomic E-state index is 0.0843. The summed E-state index contributed by atoms with van der Waals surface area (Å²) in [6, 6.07) is 4.18. The average Bonchev–Trinajstić information content (AvgIpc) is 2.75. The zero-order valence-corrected chi connectivity index (χ0v) is 8.39. The fraction of sp³-hybridized carbons (Fsp3) is 0.455. The van der Waals surface area contributed by atoms with Crippen molar-refractivity contribution in [3.05, 3.63) is 36.3 Å². The minimum atomic E-state index is 0.0843. The van der Waals surface area contributed by atoms with Crippen molar-refractivity contribution >= 4 is 0 Å². The van der Waals surface area contributed by atoms with E-state index >= 15 is 0 Å². The Bertz CT molecular complexity index is 295. The van der Waals surface area contributed by atoms with Gasteiger partial charge in [-0.15, -0.1) is 0 Å². The molecule has 2 N–H and O–H groups in total. The Kier molecular flexibility index (Phi) is 2.70. The number of hydrogen-bond acceptors (Lipinski definition) is 3. The van der Waals surface area contributed by atoms with Gasteiger partial charge in [0.15, 0.2) is 0 Å². The van der Waals surface area contributed by atoms with Crippen molar-refractivity contribution in [3.63, 3.8) is 0 Å². The van der Waals surface area contributed by atoms with Crippen LogP contribution >= 0.6 is 0 Å². The fourth-order valence-corrected chi connectivity index (χ4v) is 1.95. The van der Waals surface area contributed by atoms with E-state index < -0.39 is 0 Å². The highest BCUT2D eigenvalue weighted by Crippen LogP contribution is 2.25. The Morgan fingerprint density at radius 1 is 1.43 bits per heavy atom. The van der Waals surface area contributed by atoms with E-state index in [0.717, 1.165) is 18.8 Å². The molecule has 14 heavy (non-hydrogen) atoms. The van der Waals surface area contributed by atoms with Crippen LogP contribution in [0.15, 0.2) is 35.0 Å². The van der Waals surface area contributed by atoms with Gasteiger partial charge in [-0.25, -0.2) is 0 Å². The second-order valence-electron chi connectivity index (χ2n) is 3.74. The molecule has 0 radical (unpaired) electrons. The van der Waals surface area contributed by atoms with Gasteiger partial charge in [-0.2, -0.15) is 0 Å². The standard InChI is InChI=1S/C11H16N2O/c1-9(12)11(10-5-4-8-14-10)13-6-2-3-7-13/h2-5,8-9,11H,6-7,12H2,1H3. The first kappa shape index (κ1) is 9.49. The van der Waals surface area contributed by atoms with Crippen molar-refractivity contribution in [2.75, 3.05) is 13.1 Å². The molecule has 0 amide bonds. The van der Waals surface area contributed by atoms with Crippen molar-refractivity contribution in [1.82, 2.24) is 4.90 Å². The summed E-state index contributed by atoms with van der Waals surface area (Å²) < 4.78 is 5.42. The molecule has 3 heteroatoms. The largest absolute Gasteiger partial charge is 0.468 e. The first-order valence-corrected chi connectivity index (χ1v) is 4.97. The van der Waals surface area contributed by atoms with Gasteiger partial charge in [-0.05, 0) is 19.1 Å². The number of nitrogens with zero attached hydrogens (tertiary/aromatic N) is 1.